The van der Waals surface area contributed by atoms with E-state index in [0.717, 1.165) is 12.0 Å². The molecule has 0 rings (SSSR count). The lowest BCUT2D eigenvalue weighted by Crippen LogP contribution is -2.06. The van der Waals surface area contributed by atoms with Crippen molar-refractivity contribution in [3.8, 4) is 0 Å². The van der Waals surface area contributed by atoms with E-state index in [1.165, 1.54) is 6.08 Å². The van der Waals surface area contributed by atoms with Crippen LogP contribution in [0.5, 0.6) is 0 Å². The highest BCUT2D eigenvalue weighted by Crippen LogP contribution is 1.97. The van der Waals surface area contributed by atoms with E-state index in [-0.39, 0.29) is 5.92 Å². The van der Waals surface area contributed by atoms with Crippen molar-refractivity contribution in [2.45, 2.75) is 34.1 Å². The standard InChI is InChI=1S/C5H8O2.C5H10O2/c1-4(2)3-5(6)7;1-3-4(2)5(6)7/h3H,1-2H3,(H,6,7);4H,3H2,1-2H3,(H,6,7). The first-order chi connectivity index (χ1) is 6.31. The van der Waals surface area contributed by atoms with E-state index < -0.39 is 11.9 Å². The van der Waals surface area contributed by atoms with Gasteiger partial charge in [0.25, 0.3) is 0 Å². The van der Waals surface area contributed by atoms with Crippen molar-refractivity contribution in [1.82, 2.24) is 0 Å². The molecule has 1 atom stereocenters. The summed E-state index contributed by atoms with van der Waals surface area (Å²) in [7, 11) is 0. The third kappa shape index (κ3) is 13.3. The monoisotopic (exact) mass is 202 g/mol. The maximum Gasteiger partial charge on any atom is 0.328 e. The van der Waals surface area contributed by atoms with E-state index in [0.29, 0.717) is 0 Å². The van der Waals surface area contributed by atoms with E-state index in [9.17, 15) is 9.59 Å². The molecule has 0 radical (unpaired) electrons. The zero-order valence-electron chi connectivity index (χ0n) is 9.07. The van der Waals surface area contributed by atoms with Gasteiger partial charge in [-0.2, -0.15) is 0 Å². The van der Waals surface area contributed by atoms with Gasteiger partial charge in [0.1, 0.15) is 0 Å². The van der Waals surface area contributed by atoms with Gasteiger partial charge in [0.15, 0.2) is 0 Å². The summed E-state index contributed by atoms with van der Waals surface area (Å²) in [4.78, 5) is 19.7. The fourth-order valence-corrected chi connectivity index (χ4v) is 0.422. The summed E-state index contributed by atoms with van der Waals surface area (Å²) in [5, 5.41) is 16.2. The first kappa shape index (κ1) is 15.2. The SMILES string of the molecule is CC(C)=CC(=O)O.CCC(C)C(=O)O. The fourth-order valence-electron chi connectivity index (χ4n) is 0.422. The second-order valence-electron chi connectivity index (χ2n) is 3.21. The van der Waals surface area contributed by atoms with Crippen molar-refractivity contribution in [1.29, 1.82) is 0 Å². The summed E-state index contributed by atoms with van der Waals surface area (Å²) in [5.41, 5.74) is 0.813. The van der Waals surface area contributed by atoms with E-state index in [1.54, 1.807) is 20.8 Å². The summed E-state index contributed by atoms with van der Waals surface area (Å²) in [6, 6.07) is 0. The first-order valence-corrected chi connectivity index (χ1v) is 4.41. The Morgan fingerprint density at radius 3 is 1.71 bits per heavy atom. The van der Waals surface area contributed by atoms with Gasteiger partial charge in [-0.3, -0.25) is 4.79 Å². The Morgan fingerprint density at radius 2 is 1.71 bits per heavy atom. The Balaban J connectivity index is 0. The maximum atomic E-state index is 9.93. The van der Waals surface area contributed by atoms with Crippen LogP contribution in [0.25, 0.3) is 0 Å². The van der Waals surface area contributed by atoms with Crippen LogP contribution in [0.3, 0.4) is 0 Å². The van der Waals surface area contributed by atoms with Crippen molar-refractivity contribution >= 4 is 11.9 Å². The molecule has 0 bridgehead atoms. The van der Waals surface area contributed by atoms with Gasteiger partial charge in [-0.1, -0.05) is 19.4 Å². The molecule has 0 saturated heterocycles. The van der Waals surface area contributed by atoms with E-state index in [2.05, 4.69) is 0 Å². The van der Waals surface area contributed by atoms with Gasteiger partial charge in [-0.05, 0) is 20.3 Å². The average molecular weight is 202 g/mol. The Morgan fingerprint density at radius 1 is 1.29 bits per heavy atom. The second-order valence-corrected chi connectivity index (χ2v) is 3.21. The summed E-state index contributed by atoms with van der Waals surface area (Å²) in [5.74, 6) is -1.76. The molecule has 0 saturated carbocycles. The molecule has 0 heterocycles. The van der Waals surface area contributed by atoms with Crippen molar-refractivity contribution in [3.63, 3.8) is 0 Å². The normalized spacial score (nSPS) is 10.6. The molecule has 1 unspecified atom stereocenters. The fraction of sp³-hybridized carbons (Fsp3) is 0.600. The Hall–Kier alpha value is -1.32. The van der Waals surface area contributed by atoms with Crippen LogP contribution >= 0.6 is 0 Å². The highest BCUT2D eigenvalue weighted by atomic mass is 16.4. The Kier molecular flexibility index (Phi) is 8.98. The predicted octanol–water partition coefficient (Wildman–Crippen LogP) is 2.15. The lowest BCUT2D eigenvalue weighted by atomic mass is 10.1. The molecule has 0 amide bonds. The molecule has 0 spiro atoms. The first-order valence-electron chi connectivity index (χ1n) is 4.41. The average Bonchev–Trinajstić information content (AvgIpc) is 2.01. The third-order valence-corrected chi connectivity index (χ3v) is 1.45. The van der Waals surface area contributed by atoms with Crippen LogP contribution in [0.15, 0.2) is 11.6 Å². The van der Waals surface area contributed by atoms with E-state index in [4.69, 9.17) is 10.2 Å². The van der Waals surface area contributed by atoms with Crippen molar-refractivity contribution < 1.29 is 19.8 Å². The van der Waals surface area contributed by atoms with Crippen LogP contribution in [0, 0.1) is 5.92 Å². The van der Waals surface area contributed by atoms with Crippen LogP contribution in [-0.4, -0.2) is 22.2 Å². The Labute approximate surface area is 84.3 Å². The smallest absolute Gasteiger partial charge is 0.328 e. The van der Waals surface area contributed by atoms with Gasteiger partial charge in [0, 0.05) is 6.08 Å². The van der Waals surface area contributed by atoms with Gasteiger partial charge >= 0.3 is 11.9 Å². The van der Waals surface area contributed by atoms with E-state index >= 15 is 0 Å². The number of carboxylic acid groups (broad SMARTS) is 2. The summed E-state index contributed by atoms with van der Waals surface area (Å²) in [6.45, 7) is 7.04. The quantitative estimate of drug-likeness (QED) is 0.687. The van der Waals surface area contributed by atoms with Crippen molar-refractivity contribution in [2.24, 2.45) is 5.92 Å². The van der Waals surface area contributed by atoms with Gasteiger partial charge < -0.3 is 10.2 Å². The number of rotatable bonds is 3. The number of carbonyl (C=O) groups is 2. The van der Waals surface area contributed by atoms with Crippen LogP contribution in [0.1, 0.15) is 34.1 Å². The molecule has 0 aromatic heterocycles. The molecule has 4 heteroatoms. The molecule has 0 aliphatic heterocycles. The van der Waals surface area contributed by atoms with Gasteiger partial charge in [0.2, 0.25) is 0 Å². The van der Waals surface area contributed by atoms with Crippen LogP contribution in [0.2, 0.25) is 0 Å². The van der Waals surface area contributed by atoms with Crippen molar-refractivity contribution in [3.05, 3.63) is 11.6 Å². The molecular formula is C10H18O4. The topological polar surface area (TPSA) is 74.6 Å². The molecule has 0 aromatic rings. The third-order valence-electron chi connectivity index (χ3n) is 1.45. The van der Waals surface area contributed by atoms with Crippen LogP contribution in [0.4, 0.5) is 0 Å². The van der Waals surface area contributed by atoms with Crippen molar-refractivity contribution in [2.75, 3.05) is 0 Å². The number of aliphatic carboxylic acids is 2. The molecule has 0 fully saturated rings. The van der Waals surface area contributed by atoms with Gasteiger partial charge in [0.05, 0.1) is 5.92 Å². The minimum atomic E-state index is -0.875. The number of allylic oxidation sites excluding steroid dienone is 1. The zero-order valence-corrected chi connectivity index (χ0v) is 9.07. The minimum Gasteiger partial charge on any atom is -0.481 e. The molecule has 0 aromatic carbocycles. The highest BCUT2D eigenvalue weighted by molar-refractivity contribution is 5.80. The molecule has 4 nitrogen and oxygen atoms in total. The molecule has 14 heavy (non-hydrogen) atoms. The summed E-state index contributed by atoms with van der Waals surface area (Å²) in [6.07, 6.45) is 1.88. The number of carboxylic acids is 2. The van der Waals surface area contributed by atoms with Crippen LogP contribution < -0.4 is 0 Å². The minimum absolute atomic E-state index is 0.181. The zero-order chi connectivity index (χ0) is 11.7. The highest BCUT2D eigenvalue weighted by Gasteiger charge is 2.05. The van der Waals surface area contributed by atoms with Gasteiger partial charge in [-0.15, -0.1) is 0 Å². The predicted molar refractivity (Wildman–Crippen MR) is 54.2 cm³/mol. The number of hydrogen-bond acceptors (Lipinski definition) is 2. The molecular weight excluding hydrogens is 184 g/mol. The Bertz CT molecular complexity index is 214. The molecule has 2 N–H and O–H groups in total. The van der Waals surface area contributed by atoms with Crippen LogP contribution in [-0.2, 0) is 9.59 Å². The molecule has 82 valence electrons. The molecule has 0 aliphatic carbocycles. The summed E-state index contributed by atoms with van der Waals surface area (Å²) < 4.78 is 0. The lowest BCUT2D eigenvalue weighted by molar-refractivity contribution is -0.141. The van der Waals surface area contributed by atoms with E-state index in [1.807, 2.05) is 6.92 Å². The lowest BCUT2D eigenvalue weighted by Gasteiger charge is -1.96. The molecule has 0 aliphatic rings. The second kappa shape index (κ2) is 8.29. The number of hydrogen-bond donors (Lipinski definition) is 2. The largest absolute Gasteiger partial charge is 0.481 e. The summed E-state index contributed by atoms with van der Waals surface area (Å²) >= 11 is 0. The van der Waals surface area contributed by atoms with Gasteiger partial charge in [-0.25, -0.2) is 4.79 Å². The maximum absolute atomic E-state index is 9.93.